The lowest BCUT2D eigenvalue weighted by Gasteiger charge is -2.28. The van der Waals surface area contributed by atoms with E-state index in [2.05, 4.69) is 28.2 Å². The molecule has 1 amide bonds. The number of halogens is 1. The van der Waals surface area contributed by atoms with Gasteiger partial charge in [-0.25, -0.2) is 0 Å². The Morgan fingerprint density at radius 1 is 1.29 bits per heavy atom. The molecule has 0 aromatic rings. The van der Waals surface area contributed by atoms with E-state index in [1.54, 1.807) is 0 Å². The molecular weight excluding hydrogens is 278 g/mol. The van der Waals surface area contributed by atoms with Crippen LogP contribution in [0.4, 0.5) is 0 Å². The maximum absolute atomic E-state index is 12.2. The van der Waals surface area contributed by atoms with Crippen LogP contribution in [0.25, 0.3) is 0 Å². The molecule has 2 nitrogen and oxygen atoms in total. The first kappa shape index (κ1) is 13.4. The molecule has 17 heavy (non-hydrogen) atoms. The van der Waals surface area contributed by atoms with E-state index in [0.717, 1.165) is 19.4 Å². The molecule has 2 aliphatic carbocycles. The highest BCUT2D eigenvalue weighted by Crippen LogP contribution is 2.37. The zero-order valence-corrected chi connectivity index (χ0v) is 12.4. The van der Waals surface area contributed by atoms with Crippen molar-refractivity contribution < 1.29 is 4.79 Å². The largest absolute Gasteiger partial charge is 0.355 e. The standard InChI is InChI=1S/C14H24BrNO/c1-14(7-2-3-8-14)13(17)16-10-11-5-4-6-12(15)9-11/h11-12H,2-10H2,1H3,(H,16,17). The van der Waals surface area contributed by atoms with Crippen molar-refractivity contribution in [2.45, 2.75) is 63.1 Å². The van der Waals surface area contributed by atoms with Crippen LogP contribution in [0.2, 0.25) is 0 Å². The van der Waals surface area contributed by atoms with Gasteiger partial charge in [-0.15, -0.1) is 0 Å². The number of carbonyl (C=O) groups is 1. The third-order valence-corrected chi connectivity index (χ3v) is 5.36. The van der Waals surface area contributed by atoms with Crippen LogP contribution in [0.5, 0.6) is 0 Å². The van der Waals surface area contributed by atoms with Crippen molar-refractivity contribution in [1.29, 1.82) is 0 Å². The van der Waals surface area contributed by atoms with E-state index in [1.807, 2.05) is 0 Å². The lowest BCUT2D eigenvalue weighted by Crippen LogP contribution is -2.40. The fraction of sp³-hybridized carbons (Fsp3) is 0.929. The molecule has 0 aromatic heterocycles. The first-order valence-electron chi connectivity index (χ1n) is 7.02. The third-order valence-electron chi connectivity index (χ3n) is 4.53. The molecule has 2 fully saturated rings. The molecule has 0 radical (unpaired) electrons. The van der Waals surface area contributed by atoms with Gasteiger partial charge in [0, 0.05) is 16.8 Å². The first-order chi connectivity index (χ1) is 8.10. The molecule has 0 aliphatic heterocycles. The Morgan fingerprint density at radius 2 is 2.00 bits per heavy atom. The van der Waals surface area contributed by atoms with Gasteiger partial charge in [0.05, 0.1) is 0 Å². The van der Waals surface area contributed by atoms with Gasteiger partial charge in [0.2, 0.25) is 5.91 Å². The number of hydrogen-bond acceptors (Lipinski definition) is 1. The molecule has 0 heterocycles. The monoisotopic (exact) mass is 301 g/mol. The van der Waals surface area contributed by atoms with Crippen LogP contribution >= 0.6 is 15.9 Å². The van der Waals surface area contributed by atoms with Gasteiger partial charge in [-0.2, -0.15) is 0 Å². The topological polar surface area (TPSA) is 29.1 Å². The lowest BCUT2D eigenvalue weighted by atomic mass is 9.86. The fourth-order valence-electron chi connectivity index (χ4n) is 3.24. The van der Waals surface area contributed by atoms with E-state index in [-0.39, 0.29) is 5.41 Å². The average molecular weight is 302 g/mol. The summed E-state index contributed by atoms with van der Waals surface area (Å²) in [4.78, 5) is 12.8. The van der Waals surface area contributed by atoms with Crippen molar-refractivity contribution in [3.63, 3.8) is 0 Å². The molecule has 2 unspecified atom stereocenters. The van der Waals surface area contributed by atoms with E-state index in [4.69, 9.17) is 0 Å². The summed E-state index contributed by atoms with van der Waals surface area (Å²) >= 11 is 3.70. The SMILES string of the molecule is CC1(C(=O)NCC2CCCC(Br)C2)CCCC1. The van der Waals surface area contributed by atoms with Gasteiger partial charge < -0.3 is 5.32 Å². The second-order valence-electron chi connectivity index (χ2n) is 6.11. The van der Waals surface area contributed by atoms with Crippen molar-refractivity contribution in [3.8, 4) is 0 Å². The van der Waals surface area contributed by atoms with Gasteiger partial charge in [-0.1, -0.05) is 42.1 Å². The number of carbonyl (C=O) groups excluding carboxylic acids is 1. The van der Waals surface area contributed by atoms with E-state index in [1.165, 1.54) is 38.5 Å². The molecule has 2 aliphatic rings. The number of nitrogens with one attached hydrogen (secondary N) is 1. The Balaban J connectivity index is 1.75. The predicted octanol–water partition coefficient (Wildman–Crippen LogP) is 3.64. The maximum Gasteiger partial charge on any atom is 0.225 e. The van der Waals surface area contributed by atoms with Crippen molar-refractivity contribution in [2.75, 3.05) is 6.54 Å². The minimum atomic E-state index is -0.0670. The van der Waals surface area contributed by atoms with Crippen LogP contribution in [-0.2, 0) is 4.79 Å². The highest BCUT2D eigenvalue weighted by Gasteiger charge is 2.36. The average Bonchev–Trinajstić information content (AvgIpc) is 2.74. The van der Waals surface area contributed by atoms with Crippen LogP contribution in [0.3, 0.4) is 0 Å². The van der Waals surface area contributed by atoms with Crippen molar-refractivity contribution >= 4 is 21.8 Å². The second kappa shape index (κ2) is 5.73. The Hall–Kier alpha value is -0.0500. The predicted molar refractivity (Wildman–Crippen MR) is 74.3 cm³/mol. The van der Waals surface area contributed by atoms with E-state index < -0.39 is 0 Å². The van der Waals surface area contributed by atoms with Crippen molar-refractivity contribution in [1.82, 2.24) is 5.32 Å². The van der Waals surface area contributed by atoms with Gasteiger partial charge in [0.25, 0.3) is 0 Å². The van der Waals surface area contributed by atoms with Crippen LogP contribution in [-0.4, -0.2) is 17.3 Å². The Bertz CT molecular complexity index is 273. The van der Waals surface area contributed by atoms with E-state index in [9.17, 15) is 4.79 Å². The molecule has 2 saturated carbocycles. The van der Waals surface area contributed by atoms with Gasteiger partial charge in [-0.3, -0.25) is 4.79 Å². The van der Waals surface area contributed by atoms with E-state index >= 15 is 0 Å². The number of alkyl halides is 1. The molecule has 2 atom stereocenters. The number of rotatable bonds is 3. The summed E-state index contributed by atoms with van der Waals surface area (Å²) < 4.78 is 0. The van der Waals surface area contributed by atoms with Gasteiger partial charge in [0.1, 0.15) is 0 Å². The number of hydrogen-bond donors (Lipinski definition) is 1. The minimum absolute atomic E-state index is 0.0670. The zero-order valence-electron chi connectivity index (χ0n) is 10.8. The van der Waals surface area contributed by atoms with E-state index in [0.29, 0.717) is 16.7 Å². The highest BCUT2D eigenvalue weighted by atomic mass is 79.9. The minimum Gasteiger partial charge on any atom is -0.355 e. The molecule has 0 saturated heterocycles. The zero-order chi connectivity index (χ0) is 12.3. The van der Waals surface area contributed by atoms with Gasteiger partial charge >= 0.3 is 0 Å². The smallest absolute Gasteiger partial charge is 0.225 e. The molecule has 0 spiro atoms. The summed E-state index contributed by atoms with van der Waals surface area (Å²) in [6.07, 6.45) is 9.68. The lowest BCUT2D eigenvalue weighted by molar-refractivity contribution is -0.130. The van der Waals surface area contributed by atoms with Gasteiger partial charge in [-0.05, 0) is 38.0 Å². The maximum atomic E-state index is 12.2. The molecule has 1 N–H and O–H groups in total. The fourth-order valence-corrected chi connectivity index (χ4v) is 4.10. The summed E-state index contributed by atoms with van der Waals surface area (Å²) in [5.41, 5.74) is -0.0670. The Labute approximate surface area is 113 Å². The Kier molecular flexibility index (Phi) is 4.51. The second-order valence-corrected chi connectivity index (χ2v) is 7.40. The molecule has 2 rings (SSSR count). The van der Waals surface area contributed by atoms with Crippen LogP contribution in [0.1, 0.15) is 58.3 Å². The summed E-state index contributed by atoms with van der Waals surface area (Å²) in [7, 11) is 0. The number of amides is 1. The summed E-state index contributed by atoms with van der Waals surface area (Å²) in [6.45, 7) is 3.01. The summed E-state index contributed by atoms with van der Waals surface area (Å²) in [5.74, 6) is 0.980. The molecule has 98 valence electrons. The van der Waals surface area contributed by atoms with Crippen LogP contribution in [0, 0.1) is 11.3 Å². The molecular formula is C14H24BrNO. The van der Waals surface area contributed by atoms with Crippen molar-refractivity contribution in [2.24, 2.45) is 11.3 Å². The highest BCUT2D eigenvalue weighted by molar-refractivity contribution is 9.09. The molecule has 0 aromatic carbocycles. The summed E-state index contributed by atoms with van der Waals surface area (Å²) in [6, 6.07) is 0. The molecule has 0 bridgehead atoms. The van der Waals surface area contributed by atoms with Crippen LogP contribution in [0.15, 0.2) is 0 Å². The third kappa shape index (κ3) is 3.46. The molecule has 3 heteroatoms. The normalized spacial score (nSPS) is 32.4. The quantitative estimate of drug-likeness (QED) is 0.792. The first-order valence-corrected chi connectivity index (χ1v) is 7.94. The Morgan fingerprint density at radius 3 is 2.65 bits per heavy atom. The summed E-state index contributed by atoms with van der Waals surface area (Å²) in [5, 5.41) is 3.20. The van der Waals surface area contributed by atoms with Crippen molar-refractivity contribution in [3.05, 3.63) is 0 Å². The van der Waals surface area contributed by atoms with Gasteiger partial charge in [0.15, 0.2) is 0 Å². The van der Waals surface area contributed by atoms with Crippen LogP contribution < -0.4 is 5.32 Å².